The summed E-state index contributed by atoms with van der Waals surface area (Å²) in [6.45, 7) is 3.78. The molecule has 0 radical (unpaired) electrons. The number of halogens is 1. The van der Waals surface area contributed by atoms with Crippen molar-refractivity contribution in [3.05, 3.63) is 17.8 Å². The predicted octanol–water partition coefficient (Wildman–Crippen LogP) is 1.52. The van der Waals surface area contributed by atoms with Crippen LogP contribution in [0.5, 0.6) is 0 Å². The van der Waals surface area contributed by atoms with Gasteiger partial charge in [-0.2, -0.15) is 0 Å². The molecule has 0 aromatic carbocycles. The molecule has 1 aliphatic rings. The van der Waals surface area contributed by atoms with Crippen molar-refractivity contribution in [3.8, 4) is 0 Å². The van der Waals surface area contributed by atoms with Crippen LogP contribution in [0.15, 0.2) is 12.7 Å². The van der Waals surface area contributed by atoms with Crippen LogP contribution in [0.4, 0.5) is 0 Å². The van der Waals surface area contributed by atoms with E-state index in [1.54, 1.807) is 4.57 Å². The molecule has 1 saturated heterocycles. The van der Waals surface area contributed by atoms with Gasteiger partial charge in [0.15, 0.2) is 23.0 Å². The summed E-state index contributed by atoms with van der Waals surface area (Å²) in [6.07, 6.45) is 1.12. The number of hydrogen-bond acceptors (Lipinski definition) is 10. The van der Waals surface area contributed by atoms with Crippen molar-refractivity contribution in [2.75, 3.05) is 6.61 Å². The molecule has 4 atom stereocenters. The van der Waals surface area contributed by atoms with Crippen LogP contribution in [0.1, 0.15) is 26.1 Å². The second-order valence-electron chi connectivity index (χ2n) is 6.00. The molecule has 28 heavy (non-hydrogen) atoms. The Morgan fingerprint density at radius 1 is 1.07 bits per heavy atom. The largest absolute Gasteiger partial charge is 0.465 e. The van der Waals surface area contributed by atoms with Gasteiger partial charge in [0.1, 0.15) is 23.8 Å². The Kier molecular flexibility index (Phi) is 6.04. The number of ether oxygens (including phenoxy) is 3. The highest BCUT2D eigenvalue weighted by Crippen LogP contribution is 2.46. The second-order valence-corrected chi connectivity index (χ2v) is 7.72. The first-order valence-electron chi connectivity index (χ1n) is 8.24. The van der Waals surface area contributed by atoms with Gasteiger partial charge in [-0.25, -0.2) is 15.0 Å². The number of imidazole rings is 1. The second kappa shape index (κ2) is 8.31. The minimum atomic E-state index is -0.849. The molecule has 0 bridgehead atoms. The minimum absolute atomic E-state index is 0.0193. The van der Waals surface area contributed by atoms with Crippen molar-refractivity contribution < 1.29 is 28.6 Å². The fraction of sp³-hybridized carbons (Fsp3) is 0.500. The lowest BCUT2D eigenvalue weighted by atomic mass is 10.1. The Morgan fingerprint density at radius 3 is 2.39 bits per heavy atom. The van der Waals surface area contributed by atoms with Crippen molar-refractivity contribution in [3.63, 3.8) is 0 Å². The molecule has 0 unspecified atom stereocenters. The molecule has 150 valence electrons. The van der Waals surface area contributed by atoms with Gasteiger partial charge in [0.05, 0.1) is 11.6 Å². The maximum atomic E-state index is 11.7. The molecule has 0 N–H and O–H groups in total. The summed E-state index contributed by atoms with van der Waals surface area (Å²) < 4.78 is 17.7. The highest BCUT2D eigenvalue weighted by atomic mass is 35.5. The van der Waals surface area contributed by atoms with Crippen LogP contribution in [0, 0.1) is 0 Å². The molecule has 3 rings (SSSR count). The molecule has 1 fully saturated rings. The van der Waals surface area contributed by atoms with Crippen LogP contribution >= 0.6 is 23.4 Å². The quantitative estimate of drug-likeness (QED) is 0.393. The van der Waals surface area contributed by atoms with Crippen molar-refractivity contribution in [2.45, 2.75) is 43.6 Å². The highest BCUT2D eigenvalue weighted by Gasteiger charge is 2.50. The van der Waals surface area contributed by atoms with Crippen LogP contribution in [-0.2, 0) is 28.6 Å². The maximum Gasteiger partial charge on any atom is 0.303 e. The smallest absolute Gasteiger partial charge is 0.303 e. The number of aromatic nitrogens is 4. The molecule has 2 aromatic heterocycles. The van der Waals surface area contributed by atoms with Crippen LogP contribution in [0.3, 0.4) is 0 Å². The van der Waals surface area contributed by atoms with Crippen LogP contribution < -0.4 is 0 Å². The number of esters is 3. The van der Waals surface area contributed by atoms with Crippen molar-refractivity contribution >= 4 is 52.4 Å². The van der Waals surface area contributed by atoms with E-state index in [0.29, 0.717) is 11.2 Å². The van der Waals surface area contributed by atoms with E-state index in [0.717, 1.165) is 0 Å². The number of carbonyl (C=O) groups excluding carboxylic acids is 3. The first-order chi connectivity index (χ1) is 13.3. The van der Waals surface area contributed by atoms with Crippen molar-refractivity contribution in [1.82, 2.24) is 19.5 Å². The summed E-state index contributed by atoms with van der Waals surface area (Å²) in [5.41, 5.74) is 0.822. The summed E-state index contributed by atoms with van der Waals surface area (Å²) in [6, 6.07) is 0. The van der Waals surface area contributed by atoms with Gasteiger partial charge in [-0.15, -0.1) is 11.8 Å². The fourth-order valence-corrected chi connectivity index (χ4v) is 4.62. The molecule has 3 heterocycles. The number of nitrogens with zero attached hydrogens (tertiary/aromatic N) is 4. The standard InChI is InChI=1S/C16H17ClN4O6S/c1-7(22)25-4-10-12(26-8(2)23)13(27-9(3)24)16(28-10)21-6-20-11-14(17)18-5-19-15(11)21/h5-6,10,12-13,16H,4H2,1-3H3/t10-,12-,13-,16-/m1/s1. The Balaban J connectivity index is 2.01. The minimum Gasteiger partial charge on any atom is -0.465 e. The summed E-state index contributed by atoms with van der Waals surface area (Å²) in [4.78, 5) is 46.9. The lowest BCUT2D eigenvalue weighted by Gasteiger charge is -2.25. The van der Waals surface area contributed by atoms with E-state index in [1.165, 1.54) is 45.2 Å². The normalized spacial score (nSPS) is 24.1. The molecular formula is C16H17ClN4O6S. The van der Waals surface area contributed by atoms with E-state index in [4.69, 9.17) is 25.8 Å². The zero-order chi connectivity index (χ0) is 20.4. The number of rotatable bonds is 5. The average molecular weight is 429 g/mol. The Labute approximate surface area is 168 Å². The monoisotopic (exact) mass is 428 g/mol. The van der Waals surface area contributed by atoms with Gasteiger partial charge in [0, 0.05) is 20.8 Å². The number of thioether (sulfide) groups is 1. The first-order valence-corrected chi connectivity index (χ1v) is 9.56. The zero-order valence-electron chi connectivity index (χ0n) is 15.2. The SMILES string of the molecule is CC(=O)OC[C@H]1S[C@@H](n2cnc3c(Cl)ncnc32)[C@H](OC(C)=O)[C@@H]1OC(C)=O. The zero-order valence-corrected chi connectivity index (χ0v) is 16.8. The molecule has 10 nitrogen and oxygen atoms in total. The lowest BCUT2D eigenvalue weighted by Crippen LogP contribution is -2.40. The van der Waals surface area contributed by atoms with E-state index in [-0.39, 0.29) is 11.8 Å². The number of fused-ring (bicyclic) bond motifs is 1. The van der Waals surface area contributed by atoms with Crippen molar-refractivity contribution in [1.29, 1.82) is 0 Å². The van der Waals surface area contributed by atoms with Gasteiger partial charge in [-0.1, -0.05) is 11.6 Å². The number of hydrogen-bond donors (Lipinski definition) is 0. The van der Waals surface area contributed by atoms with Crippen LogP contribution in [0.25, 0.3) is 11.2 Å². The van der Waals surface area contributed by atoms with Gasteiger partial charge < -0.3 is 14.2 Å². The molecular weight excluding hydrogens is 412 g/mol. The number of carbonyl (C=O) groups is 3. The first kappa shape index (κ1) is 20.3. The molecule has 12 heteroatoms. The van der Waals surface area contributed by atoms with Gasteiger partial charge in [0.2, 0.25) is 0 Å². The van der Waals surface area contributed by atoms with E-state index in [1.807, 2.05) is 0 Å². The molecule has 0 aliphatic carbocycles. The predicted molar refractivity (Wildman–Crippen MR) is 98.5 cm³/mol. The summed E-state index contributed by atoms with van der Waals surface area (Å²) in [5, 5.41) is -0.814. The topological polar surface area (TPSA) is 123 Å². The van der Waals surface area contributed by atoms with Gasteiger partial charge in [0.25, 0.3) is 0 Å². The van der Waals surface area contributed by atoms with E-state index in [2.05, 4.69) is 15.0 Å². The van der Waals surface area contributed by atoms with E-state index < -0.39 is 40.7 Å². The Morgan fingerprint density at radius 2 is 1.75 bits per heavy atom. The van der Waals surface area contributed by atoms with E-state index in [9.17, 15) is 14.4 Å². The van der Waals surface area contributed by atoms with Crippen molar-refractivity contribution in [2.24, 2.45) is 0 Å². The fourth-order valence-electron chi connectivity index (χ4n) is 2.93. The van der Waals surface area contributed by atoms with Gasteiger partial charge in [-0.3, -0.25) is 19.0 Å². The molecule has 0 spiro atoms. The maximum absolute atomic E-state index is 11.7. The molecule has 0 amide bonds. The summed E-state index contributed by atoms with van der Waals surface area (Å²) >= 11 is 7.38. The van der Waals surface area contributed by atoms with Crippen LogP contribution in [0.2, 0.25) is 5.15 Å². The molecule has 2 aromatic rings. The van der Waals surface area contributed by atoms with E-state index >= 15 is 0 Å². The van der Waals surface area contributed by atoms with Crippen LogP contribution in [-0.4, -0.2) is 61.5 Å². The average Bonchev–Trinajstić information content (AvgIpc) is 3.16. The van der Waals surface area contributed by atoms with Gasteiger partial charge >= 0.3 is 17.9 Å². The third-order valence-electron chi connectivity index (χ3n) is 3.93. The molecule has 0 saturated carbocycles. The summed E-state index contributed by atoms with van der Waals surface area (Å²) in [7, 11) is 0. The lowest BCUT2D eigenvalue weighted by molar-refractivity contribution is -0.166. The van der Waals surface area contributed by atoms with Gasteiger partial charge in [-0.05, 0) is 0 Å². The molecule has 1 aliphatic heterocycles. The third-order valence-corrected chi connectivity index (χ3v) is 5.73. The summed E-state index contributed by atoms with van der Waals surface area (Å²) in [5.74, 6) is -1.56. The third kappa shape index (κ3) is 4.20. The Bertz CT molecular complexity index is 922. The highest BCUT2D eigenvalue weighted by molar-refractivity contribution is 8.00. The Hall–Kier alpha value is -2.40.